The first kappa shape index (κ1) is 14.8. The summed E-state index contributed by atoms with van der Waals surface area (Å²) < 4.78 is 10.5. The van der Waals surface area contributed by atoms with Gasteiger partial charge in [0.1, 0.15) is 5.56 Å². The number of pyridine rings is 1. The molecule has 1 heterocycles. The van der Waals surface area contributed by atoms with Gasteiger partial charge in [-0.2, -0.15) is 0 Å². The molecule has 2 atom stereocenters. The fraction of sp³-hybridized carbons (Fsp3) is 0.600. The molecule has 0 aliphatic heterocycles. The van der Waals surface area contributed by atoms with Crippen molar-refractivity contribution in [1.29, 1.82) is 0 Å². The van der Waals surface area contributed by atoms with Gasteiger partial charge in [-0.1, -0.05) is 12.8 Å². The van der Waals surface area contributed by atoms with Crippen LogP contribution < -0.4 is 10.5 Å². The lowest BCUT2D eigenvalue weighted by atomic mass is 9.80. The summed E-state index contributed by atoms with van der Waals surface area (Å²) in [6.45, 7) is 1.25. The fourth-order valence-corrected chi connectivity index (χ4v) is 2.77. The van der Waals surface area contributed by atoms with Crippen LogP contribution >= 0.6 is 0 Å². The van der Waals surface area contributed by atoms with Crippen molar-refractivity contribution in [3.63, 3.8) is 0 Å². The Morgan fingerprint density at radius 3 is 2.85 bits per heavy atom. The first-order valence-electron chi connectivity index (χ1n) is 7.12. The smallest absolute Gasteiger partial charge is 0.343 e. The molecule has 0 bridgehead atoms. The zero-order valence-corrected chi connectivity index (χ0v) is 11.9. The lowest BCUT2D eigenvalue weighted by Crippen LogP contribution is -2.31. The van der Waals surface area contributed by atoms with E-state index in [2.05, 4.69) is 4.98 Å². The van der Waals surface area contributed by atoms with Crippen LogP contribution in [0.25, 0.3) is 0 Å². The number of ether oxygens (including phenoxy) is 2. The minimum Gasteiger partial charge on any atom is -0.477 e. The number of esters is 1. The summed E-state index contributed by atoms with van der Waals surface area (Å²) in [5.41, 5.74) is 6.19. The number of nitrogens with two attached hydrogens (primary N) is 1. The quantitative estimate of drug-likeness (QED) is 0.834. The third-order valence-corrected chi connectivity index (χ3v) is 3.98. The summed E-state index contributed by atoms with van der Waals surface area (Å²) in [5, 5.41) is 0. The van der Waals surface area contributed by atoms with Crippen molar-refractivity contribution in [3.05, 3.63) is 23.9 Å². The molecule has 0 aromatic carbocycles. The maximum atomic E-state index is 11.6. The molecule has 2 rings (SSSR count). The molecule has 1 aromatic heterocycles. The molecule has 1 aliphatic carbocycles. The first-order chi connectivity index (χ1) is 9.76. The minimum atomic E-state index is -0.424. The Morgan fingerprint density at radius 1 is 1.40 bits per heavy atom. The van der Waals surface area contributed by atoms with Crippen LogP contribution in [0, 0.1) is 11.8 Å². The van der Waals surface area contributed by atoms with E-state index in [4.69, 9.17) is 15.2 Å². The third kappa shape index (κ3) is 3.48. The number of hydrogen-bond acceptors (Lipinski definition) is 5. The molecule has 0 spiro atoms. The third-order valence-electron chi connectivity index (χ3n) is 3.98. The highest BCUT2D eigenvalue weighted by Crippen LogP contribution is 2.30. The summed E-state index contributed by atoms with van der Waals surface area (Å²) in [6, 6.07) is 3.36. The second-order valence-corrected chi connectivity index (χ2v) is 5.20. The average molecular weight is 278 g/mol. The molecule has 110 valence electrons. The number of carbonyl (C=O) groups is 1. The molecule has 0 saturated heterocycles. The lowest BCUT2D eigenvalue weighted by molar-refractivity contribution is 0.0591. The lowest BCUT2D eigenvalue weighted by Gasteiger charge is -2.30. The average Bonchev–Trinajstić information content (AvgIpc) is 2.52. The van der Waals surface area contributed by atoms with Crippen LogP contribution in [0.4, 0.5) is 0 Å². The van der Waals surface area contributed by atoms with Gasteiger partial charge >= 0.3 is 5.97 Å². The second kappa shape index (κ2) is 7.24. The fourth-order valence-electron chi connectivity index (χ4n) is 2.77. The molecule has 0 radical (unpaired) electrons. The molecule has 2 N–H and O–H groups in total. The molecule has 1 aromatic rings. The molecule has 2 unspecified atom stereocenters. The van der Waals surface area contributed by atoms with Gasteiger partial charge in [-0.3, -0.25) is 0 Å². The van der Waals surface area contributed by atoms with Crippen LogP contribution in [-0.2, 0) is 4.74 Å². The van der Waals surface area contributed by atoms with Crippen molar-refractivity contribution in [1.82, 2.24) is 4.98 Å². The first-order valence-corrected chi connectivity index (χ1v) is 7.12. The Hall–Kier alpha value is -1.62. The monoisotopic (exact) mass is 278 g/mol. The van der Waals surface area contributed by atoms with Crippen molar-refractivity contribution >= 4 is 5.97 Å². The number of methoxy groups -OCH3 is 1. The zero-order valence-electron chi connectivity index (χ0n) is 11.9. The van der Waals surface area contributed by atoms with E-state index in [0.29, 0.717) is 36.4 Å². The highest BCUT2D eigenvalue weighted by molar-refractivity contribution is 5.91. The number of hydrogen-bond donors (Lipinski definition) is 1. The van der Waals surface area contributed by atoms with Crippen LogP contribution in [0.15, 0.2) is 18.3 Å². The normalized spacial score (nSPS) is 22.3. The summed E-state index contributed by atoms with van der Waals surface area (Å²) in [6.07, 6.45) is 6.37. The Kier molecular flexibility index (Phi) is 5.35. The molecule has 5 heteroatoms. The van der Waals surface area contributed by atoms with E-state index in [1.165, 1.54) is 20.0 Å². The highest BCUT2D eigenvalue weighted by atomic mass is 16.5. The Bertz CT molecular complexity index is 450. The van der Waals surface area contributed by atoms with E-state index in [-0.39, 0.29) is 0 Å². The maximum Gasteiger partial charge on any atom is 0.343 e. The molecule has 1 saturated carbocycles. The van der Waals surface area contributed by atoms with Gasteiger partial charge in [0.05, 0.1) is 13.7 Å². The highest BCUT2D eigenvalue weighted by Gasteiger charge is 2.25. The summed E-state index contributed by atoms with van der Waals surface area (Å²) in [4.78, 5) is 15.8. The topological polar surface area (TPSA) is 74.4 Å². The zero-order chi connectivity index (χ0) is 14.4. The van der Waals surface area contributed by atoms with E-state index >= 15 is 0 Å². The van der Waals surface area contributed by atoms with Crippen molar-refractivity contribution in [2.45, 2.75) is 25.7 Å². The number of nitrogens with zero attached hydrogens (tertiary/aromatic N) is 1. The molecule has 1 aliphatic rings. The largest absolute Gasteiger partial charge is 0.477 e. The van der Waals surface area contributed by atoms with Gasteiger partial charge in [0.2, 0.25) is 5.88 Å². The Balaban J connectivity index is 2.01. The number of aromatic nitrogens is 1. The van der Waals surface area contributed by atoms with Gasteiger partial charge in [-0.05, 0) is 43.4 Å². The van der Waals surface area contributed by atoms with Crippen LogP contribution in [0.5, 0.6) is 5.88 Å². The van der Waals surface area contributed by atoms with Crippen LogP contribution in [0.1, 0.15) is 36.0 Å². The van der Waals surface area contributed by atoms with Gasteiger partial charge in [0.15, 0.2) is 0 Å². The Morgan fingerprint density at radius 2 is 2.15 bits per heavy atom. The predicted molar refractivity (Wildman–Crippen MR) is 75.6 cm³/mol. The van der Waals surface area contributed by atoms with Crippen molar-refractivity contribution < 1.29 is 14.3 Å². The molecule has 0 amide bonds. The summed E-state index contributed by atoms with van der Waals surface area (Å²) in [5.74, 6) is 0.878. The molecule has 5 nitrogen and oxygen atoms in total. The van der Waals surface area contributed by atoms with Crippen molar-refractivity contribution in [3.8, 4) is 5.88 Å². The maximum absolute atomic E-state index is 11.6. The van der Waals surface area contributed by atoms with Gasteiger partial charge in [-0.15, -0.1) is 0 Å². The molecular formula is C15H22N2O3. The van der Waals surface area contributed by atoms with E-state index in [0.717, 1.165) is 12.8 Å². The van der Waals surface area contributed by atoms with E-state index in [9.17, 15) is 4.79 Å². The van der Waals surface area contributed by atoms with Gasteiger partial charge < -0.3 is 15.2 Å². The molecule has 20 heavy (non-hydrogen) atoms. The summed E-state index contributed by atoms with van der Waals surface area (Å²) in [7, 11) is 1.35. The van der Waals surface area contributed by atoms with Crippen LogP contribution in [0.3, 0.4) is 0 Å². The van der Waals surface area contributed by atoms with Gasteiger partial charge in [-0.25, -0.2) is 9.78 Å². The Labute approximate surface area is 119 Å². The summed E-state index contributed by atoms with van der Waals surface area (Å²) >= 11 is 0. The van der Waals surface area contributed by atoms with Gasteiger partial charge in [0.25, 0.3) is 0 Å². The number of rotatable bonds is 5. The van der Waals surface area contributed by atoms with E-state index < -0.39 is 5.97 Å². The minimum absolute atomic E-state index is 0.348. The van der Waals surface area contributed by atoms with E-state index in [1.807, 2.05) is 0 Å². The second-order valence-electron chi connectivity index (χ2n) is 5.20. The predicted octanol–water partition coefficient (Wildman–Crippen LogP) is 2.01. The number of carbonyl (C=O) groups excluding carboxylic acids is 1. The van der Waals surface area contributed by atoms with E-state index in [1.54, 1.807) is 18.3 Å². The van der Waals surface area contributed by atoms with Gasteiger partial charge in [0, 0.05) is 6.20 Å². The molecule has 1 fully saturated rings. The molecular weight excluding hydrogens is 256 g/mol. The van der Waals surface area contributed by atoms with Crippen LogP contribution in [-0.4, -0.2) is 31.2 Å². The van der Waals surface area contributed by atoms with Crippen LogP contribution in [0.2, 0.25) is 0 Å². The van der Waals surface area contributed by atoms with Crippen molar-refractivity contribution in [2.24, 2.45) is 17.6 Å². The van der Waals surface area contributed by atoms with Crippen molar-refractivity contribution in [2.75, 3.05) is 20.3 Å². The SMILES string of the molecule is COC(=O)c1cccnc1OCC1CCCCC1CN. The standard InChI is InChI=1S/C15H22N2O3/c1-19-15(18)13-7-4-8-17-14(13)20-10-12-6-3-2-5-11(12)9-16/h4,7-8,11-12H,2-3,5-6,9-10,16H2,1H3.